The van der Waals surface area contributed by atoms with E-state index in [1.54, 1.807) is 12.5 Å². The molecule has 1 aliphatic rings. The Hall–Kier alpha value is -4.01. The maximum atomic E-state index is 6.25. The fourth-order valence-corrected chi connectivity index (χ4v) is 4.24. The zero-order chi connectivity index (χ0) is 22.4. The molecule has 0 saturated carbocycles. The minimum atomic E-state index is -0.0528. The highest BCUT2D eigenvalue weighted by Crippen LogP contribution is 2.34. The van der Waals surface area contributed by atoms with E-state index in [4.69, 9.17) is 22.3 Å². The molecule has 8 nitrogen and oxygen atoms in total. The van der Waals surface area contributed by atoms with Gasteiger partial charge in [0.2, 0.25) is 5.89 Å². The largest absolute Gasteiger partial charge is 0.440 e. The molecule has 0 fully saturated rings. The van der Waals surface area contributed by atoms with Crippen molar-refractivity contribution in [1.82, 2.24) is 34.3 Å². The lowest BCUT2D eigenvalue weighted by Crippen LogP contribution is -2.18. The minimum absolute atomic E-state index is 0.0528. The van der Waals surface area contributed by atoms with E-state index in [1.165, 1.54) is 0 Å². The van der Waals surface area contributed by atoms with Gasteiger partial charge in [-0.1, -0.05) is 30.3 Å². The van der Waals surface area contributed by atoms with Crippen molar-refractivity contribution < 1.29 is 4.42 Å². The third-order valence-electron chi connectivity index (χ3n) is 5.88. The number of fused-ring (bicyclic) bond motifs is 1. The first-order valence-electron chi connectivity index (χ1n) is 10.9. The number of benzene rings is 1. The molecule has 9 heteroatoms. The predicted molar refractivity (Wildman–Crippen MR) is 124 cm³/mol. The van der Waals surface area contributed by atoms with Gasteiger partial charge >= 0.3 is 0 Å². The molecule has 1 aromatic carbocycles. The van der Waals surface area contributed by atoms with Gasteiger partial charge in [-0.05, 0) is 31.9 Å². The topological polar surface area (TPSA) is 87.5 Å². The molecule has 0 saturated heterocycles. The summed E-state index contributed by atoms with van der Waals surface area (Å²) in [5.74, 6) is 2.75. The summed E-state index contributed by atoms with van der Waals surface area (Å²) in [6.45, 7) is 2.73. The monoisotopic (exact) mass is 433 g/mol. The first kappa shape index (κ1) is 19.7. The van der Waals surface area contributed by atoms with Gasteiger partial charge in [-0.2, -0.15) is 0 Å². The van der Waals surface area contributed by atoms with Gasteiger partial charge in [0.15, 0.2) is 11.6 Å². The Morgan fingerprint density at radius 1 is 1.06 bits per heavy atom. The Balaban J connectivity index is 1.32. The lowest BCUT2D eigenvalue weighted by Gasteiger charge is -2.19. The third-order valence-corrected chi connectivity index (χ3v) is 5.88. The smallest absolute Gasteiger partial charge is 0.205 e. The maximum absolute atomic E-state index is 6.25. The lowest BCUT2D eigenvalue weighted by atomic mass is 9.99. The number of aromatic nitrogens is 7. The second kappa shape index (κ2) is 7.84. The van der Waals surface area contributed by atoms with Crippen molar-refractivity contribution >= 4 is 13.4 Å². The minimum Gasteiger partial charge on any atom is -0.440 e. The van der Waals surface area contributed by atoms with Crippen molar-refractivity contribution in [3.8, 4) is 28.5 Å². The first-order valence-corrected chi connectivity index (χ1v) is 10.9. The molecule has 5 heterocycles. The molecule has 1 aliphatic heterocycles. The van der Waals surface area contributed by atoms with Crippen molar-refractivity contribution in [2.24, 2.45) is 0 Å². The summed E-state index contributed by atoms with van der Waals surface area (Å²) >= 11 is 0. The predicted octanol–water partition coefficient (Wildman–Crippen LogP) is 3.21. The number of nitrogens with zero attached hydrogens (tertiary/aromatic N) is 7. The summed E-state index contributed by atoms with van der Waals surface area (Å²) in [7, 11) is 6.25. The van der Waals surface area contributed by atoms with Crippen LogP contribution in [0.2, 0.25) is 0 Å². The van der Waals surface area contributed by atoms with Crippen LogP contribution in [0.5, 0.6) is 0 Å². The summed E-state index contributed by atoms with van der Waals surface area (Å²) in [5.41, 5.74) is 3.71. The Labute approximate surface area is 191 Å². The van der Waals surface area contributed by atoms with Crippen molar-refractivity contribution in [3.05, 3.63) is 78.6 Å². The molecule has 0 amide bonds. The summed E-state index contributed by atoms with van der Waals surface area (Å²) < 4.78 is 9.92. The lowest BCUT2D eigenvalue weighted by molar-refractivity contribution is 0.387. The first-order chi connectivity index (χ1) is 16.2. The van der Waals surface area contributed by atoms with Crippen LogP contribution in [0, 0.1) is 6.92 Å². The van der Waals surface area contributed by atoms with Gasteiger partial charge in [0.05, 0.1) is 29.8 Å². The SMILES string of the molecule is [B]c1nc(-c2nc3n(n2)CCCC3c2ncc(-c3ccccc3)o2)ccc1-n1cnc(C)c1. The highest BCUT2D eigenvalue weighted by atomic mass is 16.4. The van der Waals surface area contributed by atoms with Crippen LogP contribution in [0.15, 0.2) is 65.6 Å². The quantitative estimate of drug-likeness (QED) is 0.405. The number of oxazole rings is 1. The van der Waals surface area contributed by atoms with Gasteiger partial charge in [-0.15, -0.1) is 5.10 Å². The van der Waals surface area contributed by atoms with Crippen molar-refractivity contribution in [1.29, 1.82) is 0 Å². The second-order valence-corrected chi connectivity index (χ2v) is 8.16. The fraction of sp³-hybridized carbons (Fsp3) is 0.208. The van der Waals surface area contributed by atoms with E-state index in [2.05, 4.69) is 15.0 Å². The molecule has 4 aromatic heterocycles. The van der Waals surface area contributed by atoms with Crippen LogP contribution in [0.4, 0.5) is 0 Å². The Bertz CT molecular complexity index is 1440. The number of imidazole rings is 1. The number of hydrogen-bond donors (Lipinski definition) is 0. The van der Waals surface area contributed by atoms with Gasteiger partial charge in [0.25, 0.3) is 0 Å². The summed E-state index contributed by atoms with van der Waals surface area (Å²) in [4.78, 5) is 18.2. The molecule has 33 heavy (non-hydrogen) atoms. The van der Waals surface area contributed by atoms with Gasteiger partial charge in [-0.3, -0.25) is 4.98 Å². The molecule has 2 radical (unpaired) electrons. The molecule has 0 spiro atoms. The summed E-state index contributed by atoms with van der Waals surface area (Å²) in [6, 6.07) is 13.8. The van der Waals surface area contributed by atoms with Crippen molar-refractivity contribution in [3.63, 3.8) is 0 Å². The van der Waals surface area contributed by atoms with Crippen LogP contribution < -0.4 is 5.59 Å². The number of aryl methyl sites for hydroxylation is 2. The normalized spacial score (nSPS) is 15.5. The molecule has 1 unspecified atom stereocenters. The summed E-state index contributed by atoms with van der Waals surface area (Å²) in [5, 5.41) is 4.71. The Morgan fingerprint density at radius 2 is 1.94 bits per heavy atom. The van der Waals surface area contributed by atoms with E-state index in [0.29, 0.717) is 23.0 Å². The molecule has 6 rings (SSSR count). The average Bonchev–Trinajstić information content (AvgIpc) is 3.59. The fourth-order valence-electron chi connectivity index (χ4n) is 4.24. The van der Waals surface area contributed by atoms with Gasteiger partial charge in [-0.25, -0.2) is 19.6 Å². The molecular weight excluding hydrogens is 413 g/mol. The van der Waals surface area contributed by atoms with Gasteiger partial charge in [0, 0.05) is 23.9 Å². The van der Waals surface area contributed by atoms with Gasteiger partial charge < -0.3 is 8.98 Å². The number of rotatable bonds is 4. The van der Waals surface area contributed by atoms with Crippen LogP contribution in [-0.4, -0.2) is 42.1 Å². The van der Waals surface area contributed by atoms with Crippen molar-refractivity contribution in [2.75, 3.05) is 0 Å². The Morgan fingerprint density at radius 3 is 2.73 bits per heavy atom. The van der Waals surface area contributed by atoms with E-state index in [1.807, 2.05) is 64.8 Å². The third kappa shape index (κ3) is 3.55. The molecule has 0 N–H and O–H groups in total. The average molecular weight is 433 g/mol. The molecule has 1 atom stereocenters. The highest BCUT2D eigenvalue weighted by molar-refractivity contribution is 6.33. The second-order valence-electron chi connectivity index (χ2n) is 8.16. The van der Waals surface area contributed by atoms with E-state index >= 15 is 0 Å². The zero-order valence-electron chi connectivity index (χ0n) is 18.1. The van der Waals surface area contributed by atoms with Crippen molar-refractivity contribution in [2.45, 2.75) is 32.2 Å². The zero-order valence-corrected chi connectivity index (χ0v) is 18.1. The molecular formula is C24H20BN7O. The van der Waals surface area contributed by atoms with Gasteiger partial charge in [0.1, 0.15) is 19.4 Å². The molecule has 0 bridgehead atoms. The van der Waals surface area contributed by atoms with Crippen LogP contribution >= 0.6 is 0 Å². The standard InChI is InChI=1S/C24H20BN7O/c1-15-13-31(14-27-15)19-10-9-18(28-21(19)25)22-29-23-17(8-5-11-32(23)30-22)24-26-12-20(33-24)16-6-3-2-4-7-16/h2-4,6-7,9-10,12-14,17H,5,8,11H2,1H3. The molecule has 160 valence electrons. The van der Waals surface area contributed by atoms with Crippen LogP contribution in [0.25, 0.3) is 28.5 Å². The molecule has 5 aromatic rings. The van der Waals surface area contributed by atoms with E-state index in [9.17, 15) is 0 Å². The number of pyridine rings is 1. The van der Waals surface area contributed by atoms with Crippen LogP contribution in [0.3, 0.4) is 0 Å². The Kier molecular flexibility index (Phi) is 4.67. The van der Waals surface area contributed by atoms with Crippen LogP contribution in [-0.2, 0) is 6.54 Å². The highest BCUT2D eigenvalue weighted by Gasteiger charge is 2.30. The molecule has 0 aliphatic carbocycles. The number of hydrogen-bond acceptors (Lipinski definition) is 6. The maximum Gasteiger partial charge on any atom is 0.205 e. The van der Waals surface area contributed by atoms with Crippen LogP contribution in [0.1, 0.15) is 36.2 Å². The summed E-state index contributed by atoms with van der Waals surface area (Å²) in [6.07, 6.45) is 7.28. The van der Waals surface area contributed by atoms with E-state index in [-0.39, 0.29) is 5.92 Å². The van der Waals surface area contributed by atoms with E-state index < -0.39 is 0 Å². The van der Waals surface area contributed by atoms with E-state index in [0.717, 1.165) is 47.9 Å².